The Morgan fingerprint density at radius 2 is 1.74 bits per heavy atom. The number of aryl methyl sites for hydroxylation is 1. The van der Waals surface area contributed by atoms with Gasteiger partial charge in [-0.3, -0.25) is 23.9 Å². The molecule has 1 aliphatic heterocycles. The Bertz CT molecular complexity index is 1340. The molecule has 2 N–H and O–H groups in total. The molecule has 9 heteroatoms. The predicted molar refractivity (Wildman–Crippen MR) is 131 cm³/mol. The third-order valence-corrected chi connectivity index (χ3v) is 6.24. The van der Waals surface area contributed by atoms with E-state index in [1.807, 2.05) is 29.2 Å². The summed E-state index contributed by atoms with van der Waals surface area (Å²) in [6.07, 6.45) is 0.842. The molecule has 1 aliphatic rings. The maximum absolute atomic E-state index is 13.0. The highest BCUT2D eigenvalue weighted by molar-refractivity contribution is 5.97. The molecule has 1 aromatic heterocycles. The van der Waals surface area contributed by atoms with Gasteiger partial charge in [-0.15, -0.1) is 0 Å². The normalized spacial score (nSPS) is 14.4. The average Bonchev–Trinajstić information content (AvgIpc) is 2.84. The van der Waals surface area contributed by atoms with Crippen LogP contribution in [0, 0.1) is 0 Å². The quantitative estimate of drug-likeness (QED) is 0.578. The average molecular weight is 464 g/mol. The van der Waals surface area contributed by atoms with E-state index >= 15 is 0 Å². The Kier molecular flexibility index (Phi) is 6.93. The van der Waals surface area contributed by atoms with Gasteiger partial charge >= 0.3 is 5.69 Å². The van der Waals surface area contributed by atoms with Gasteiger partial charge in [-0.05, 0) is 43.2 Å². The Morgan fingerprint density at radius 3 is 2.44 bits per heavy atom. The molecular formula is C25H29N5O4. The molecule has 2 heterocycles. The number of nitrogens with one attached hydrogen (secondary N) is 2. The summed E-state index contributed by atoms with van der Waals surface area (Å²) < 4.78 is 1.13. The van der Waals surface area contributed by atoms with Crippen LogP contribution in [0.1, 0.15) is 29.8 Å². The standard InChI is InChI=1S/C25H29N5O4/c1-3-17-7-5-6-8-20(17)26-22(31)16-28-11-13-29(14-12-28)23(32)18-9-10-19-21(15-18)27-25(34)30(4-2)24(19)33/h5-10,15H,3-4,11-14,16H2,1-2H3,(H,26,31)(H,27,34). The van der Waals surface area contributed by atoms with Crippen molar-refractivity contribution >= 4 is 28.4 Å². The number of carbonyl (C=O) groups excluding carboxylic acids is 2. The van der Waals surface area contributed by atoms with Crippen molar-refractivity contribution < 1.29 is 9.59 Å². The SMILES string of the molecule is CCc1ccccc1NC(=O)CN1CCN(C(=O)c2ccc3c(=O)n(CC)c(=O)[nH]c3c2)CC1. The first kappa shape index (κ1) is 23.4. The van der Waals surface area contributed by atoms with E-state index in [0.717, 1.165) is 22.2 Å². The van der Waals surface area contributed by atoms with Crippen LogP contribution in [0.3, 0.4) is 0 Å². The summed E-state index contributed by atoms with van der Waals surface area (Å²) in [7, 11) is 0. The third-order valence-electron chi connectivity index (χ3n) is 6.24. The number of fused-ring (bicyclic) bond motifs is 1. The minimum atomic E-state index is -0.488. The molecule has 0 atom stereocenters. The lowest BCUT2D eigenvalue weighted by atomic mass is 10.1. The van der Waals surface area contributed by atoms with Gasteiger partial charge in [-0.25, -0.2) is 4.79 Å². The van der Waals surface area contributed by atoms with E-state index in [4.69, 9.17) is 0 Å². The van der Waals surface area contributed by atoms with Crippen LogP contribution in [-0.4, -0.2) is 63.9 Å². The molecule has 2 aromatic carbocycles. The van der Waals surface area contributed by atoms with Crippen LogP contribution in [0.4, 0.5) is 5.69 Å². The van der Waals surface area contributed by atoms with Crippen molar-refractivity contribution in [3.8, 4) is 0 Å². The molecule has 0 saturated carbocycles. The first-order valence-corrected chi connectivity index (χ1v) is 11.6. The maximum Gasteiger partial charge on any atom is 0.328 e. The highest BCUT2D eigenvalue weighted by Gasteiger charge is 2.24. The fraction of sp³-hybridized carbons (Fsp3) is 0.360. The molecule has 0 radical (unpaired) electrons. The topological polar surface area (TPSA) is 108 Å². The number of rotatable bonds is 6. The van der Waals surface area contributed by atoms with Gasteiger partial charge in [-0.2, -0.15) is 0 Å². The van der Waals surface area contributed by atoms with Crippen LogP contribution in [-0.2, 0) is 17.8 Å². The number of anilines is 1. The van der Waals surface area contributed by atoms with Gasteiger partial charge in [0, 0.05) is 44.0 Å². The van der Waals surface area contributed by atoms with Crippen molar-refractivity contribution in [2.45, 2.75) is 26.8 Å². The molecule has 3 aromatic rings. The number of amides is 2. The maximum atomic E-state index is 13.0. The highest BCUT2D eigenvalue weighted by atomic mass is 16.2. The Hall–Kier alpha value is -3.72. The Balaban J connectivity index is 1.38. The van der Waals surface area contributed by atoms with E-state index in [-0.39, 0.29) is 30.5 Å². The zero-order valence-corrected chi connectivity index (χ0v) is 19.5. The summed E-state index contributed by atoms with van der Waals surface area (Å²) in [5, 5.41) is 3.36. The fourth-order valence-corrected chi connectivity index (χ4v) is 4.31. The Labute approximate surface area is 197 Å². The van der Waals surface area contributed by atoms with Gasteiger partial charge in [0.2, 0.25) is 5.91 Å². The molecule has 178 valence electrons. The number of piperazine rings is 1. The lowest BCUT2D eigenvalue weighted by Crippen LogP contribution is -2.50. The second kappa shape index (κ2) is 10.0. The summed E-state index contributed by atoms with van der Waals surface area (Å²) in [5.74, 6) is -0.236. The lowest BCUT2D eigenvalue weighted by molar-refractivity contribution is -0.117. The summed E-state index contributed by atoms with van der Waals surface area (Å²) >= 11 is 0. The summed E-state index contributed by atoms with van der Waals surface area (Å²) in [4.78, 5) is 56.6. The minimum Gasteiger partial charge on any atom is -0.336 e. The van der Waals surface area contributed by atoms with E-state index < -0.39 is 5.69 Å². The number of hydrogen-bond donors (Lipinski definition) is 2. The van der Waals surface area contributed by atoms with Crippen LogP contribution >= 0.6 is 0 Å². The molecule has 0 unspecified atom stereocenters. The monoisotopic (exact) mass is 463 g/mol. The predicted octanol–water partition coefficient (Wildman–Crippen LogP) is 1.67. The van der Waals surface area contributed by atoms with Gasteiger partial charge in [-0.1, -0.05) is 25.1 Å². The van der Waals surface area contributed by atoms with Crippen molar-refractivity contribution in [3.05, 3.63) is 74.4 Å². The van der Waals surface area contributed by atoms with Crippen LogP contribution < -0.4 is 16.6 Å². The van der Waals surface area contributed by atoms with Crippen LogP contribution in [0.25, 0.3) is 10.9 Å². The summed E-state index contributed by atoms with van der Waals surface area (Å²) in [6, 6.07) is 12.5. The molecule has 2 amide bonds. The molecule has 1 saturated heterocycles. The second-order valence-electron chi connectivity index (χ2n) is 8.37. The molecule has 0 aliphatic carbocycles. The van der Waals surface area contributed by atoms with Crippen LogP contribution in [0.5, 0.6) is 0 Å². The van der Waals surface area contributed by atoms with Crippen molar-refractivity contribution in [1.29, 1.82) is 0 Å². The van der Waals surface area contributed by atoms with Gasteiger partial charge in [0.15, 0.2) is 0 Å². The Morgan fingerprint density at radius 1 is 1.00 bits per heavy atom. The molecule has 34 heavy (non-hydrogen) atoms. The van der Waals surface area contributed by atoms with Crippen molar-refractivity contribution in [2.24, 2.45) is 0 Å². The number of carbonyl (C=O) groups is 2. The summed E-state index contributed by atoms with van der Waals surface area (Å²) in [5.41, 5.74) is 1.85. The smallest absolute Gasteiger partial charge is 0.328 e. The number of para-hydroxylation sites is 1. The third kappa shape index (κ3) is 4.79. The van der Waals surface area contributed by atoms with Crippen molar-refractivity contribution in [2.75, 3.05) is 38.0 Å². The van der Waals surface area contributed by atoms with Gasteiger partial charge in [0.1, 0.15) is 0 Å². The lowest BCUT2D eigenvalue weighted by Gasteiger charge is -2.34. The number of aromatic amines is 1. The van der Waals surface area contributed by atoms with Crippen molar-refractivity contribution in [1.82, 2.24) is 19.4 Å². The summed E-state index contributed by atoms with van der Waals surface area (Å²) in [6.45, 7) is 6.47. The van der Waals surface area contributed by atoms with E-state index in [1.165, 1.54) is 0 Å². The van der Waals surface area contributed by atoms with E-state index in [0.29, 0.717) is 42.6 Å². The van der Waals surface area contributed by atoms with Gasteiger partial charge in [0.05, 0.1) is 17.4 Å². The fourth-order valence-electron chi connectivity index (χ4n) is 4.31. The zero-order chi connectivity index (χ0) is 24.2. The van der Waals surface area contributed by atoms with E-state index in [2.05, 4.69) is 17.2 Å². The van der Waals surface area contributed by atoms with Crippen LogP contribution in [0.15, 0.2) is 52.1 Å². The molecule has 9 nitrogen and oxygen atoms in total. The first-order valence-electron chi connectivity index (χ1n) is 11.6. The largest absolute Gasteiger partial charge is 0.336 e. The molecule has 4 rings (SSSR count). The molecule has 0 bridgehead atoms. The van der Waals surface area contributed by atoms with Gasteiger partial charge in [0.25, 0.3) is 11.5 Å². The first-order chi connectivity index (χ1) is 16.4. The van der Waals surface area contributed by atoms with Crippen molar-refractivity contribution in [3.63, 3.8) is 0 Å². The molecule has 1 fully saturated rings. The number of H-pyrrole nitrogens is 1. The number of benzene rings is 2. The van der Waals surface area contributed by atoms with Gasteiger partial charge < -0.3 is 15.2 Å². The minimum absolute atomic E-state index is 0.0723. The molecule has 0 spiro atoms. The second-order valence-corrected chi connectivity index (χ2v) is 8.37. The molecular weight excluding hydrogens is 434 g/mol. The zero-order valence-electron chi connectivity index (χ0n) is 19.5. The number of hydrogen-bond acceptors (Lipinski definition) is 5. The highest BCUT2D eigenvalue weighted by Crippen LogP contribution is 2.16. The van der Waals surface area contributed by atoms with E-state index in [9.17, 15) is 19.2 Å². The number of aromatic nitrogens is 2. The van der Waals surface area contributed by atoms with E-state index in [1.54, 1.807) is 30.0 Å². The number of nitrogens with zero attached hydrogens (tertiary/aromatic N) is 3. The van der Waals surface area contributed by atoms with Crippen LogP contribution in [0.2, 0.25) is 0 Å².